The van der Waals surface area contributed by atoms with Gasteiger partial charge in [0.2, 0.25) is 5.69 Å². The molecule has 0 saturated heterocycles. The van der Waals surface area contributed by atoms with Crippen molar-refractivity contribution in [2.45, 2.75) is 89.9 Å². The molecule has 0 atom stereocenters. The highest BCUT2D eigenvalue weighted by molar-refractivity contribution is 6.07. The summed E-state index contributed by atoms with van der Waals surface area (Å²) in [7, 11) is 0. The van der Waals surface area contributed by atoms with E-state index in [0.29, 0.717) is 12.8 Å². The number of hydrogen-bond donors (Lipinski definition) is 2. The lowest BCUT2D eigenvalue weighted by molar-refractivity contribution is -0.438. The smallest absolute Gasteiger partial charge is 0.303 e. The van der Waals surface area contributed by atoms with E-state index in [9.17, 15) is 9.59 Å². The van der Waals surface area contributed by atoms with Crippen LogP contribution < -0.4 is 17.3 Å². The predicted molar refractivity (Wildman–Crippen MR) is 210 cm³/mol. The fourth-order valence-corrected chi connectivity index (χ4v) is 8.36. The zero-order chi connectivity index (χ0) is 36.2. The summed E-state index contributed by atoms with van der Waals surface area (Å²) < 4.78 is 2.44. The molecule has 2 aliphatic rings. The van der Waals surface area contributed by atoms with Crippen molar-refractivity contribution in [1.82, 2.24) is 0 Å². The molecule has 0 radical (unpaired) electrons. The van der Waals surface area contributed by atoms with Crippen LogP contribution in [0.3, 0.4) is 0 Å². The number of carboxylic acids is 2. The van der Waals surface area contributed by atoms with Crippen LogP contribution in [0.2, 0.25) is 0 Å². The highest BCUT2D eigenvalue weighted by atomic mass is 35.5. The van der Waals surface area contributed by atoms with Gasteiger partial charge in [-0.05, 0) is 84.8 Å². The quantitative estimate of drug-likeness (QED) is 0.0758. The molecular weight excluding hydrogens is 668 g/mol. The van der Waals surface area contributed by atoms with E-state index in [2.05, 4.69) is 140 Å². The van der Waals surface area contributed by atoms with Crippen LogP contribution >= 0.6 is 0 Å². The summed E-state index contributed by atoms with van der Waals surface area (Å²) in [5.74, 6) is -1.47. The molecule has 6 rings (SSSR count). The number of fused-ring (bicyclic) bond motifs is 6. The van der Waals surface area contributed by atoms with E-state index in [1.807, 2.05) is 0 Å². The van der Waals surface area contributed by atoms with Crippen molar-refractivity contribution in [3.05, 3.63) is 120 Å². The SMILES string of the molecule is CC1(C)C(/C=C/C=C/C=C2/N(CCCCCC(=O)O)c3ccc4ccccc4c3C2(C)C)=[N+](CCCCCC(=O)O)c2ccc3ccccc3c21.[Cl-]. The highest BCUT2D eigenvalue weighted by Gasteiger charge is 2.45. The number of unbranched alkanes of at least 4 members (excludes halogenated alkanes) is 4. The Labute approximate surface area is 314 Å². The summed E-state index contributed by atoms with van der Waals surface area (Å²) >= 11 is 0. The highest BCUT2D eigenvalue weighted by Crippen LogP contribution is 2.51. The normalized spacial score (nSPS) is 16.7. The number of benzene rings is 4. The first-order valence-corrected chi connectivity index (χ1v) is 18.5. The van der Waals surface area contributed by atoms with Crippen LogP contribution in [0, 0.1) is 0 Å². The topological polar surface area (TPSA) is 80.9 Å². The molecule has 0 aliphatic carbocycles. The van der Waals surface area contributed by atoms with Crippen LogP contribution in [0.4, 0.5) is 11.4 Å². The lowest BCUT2D eigenvalue weighted by Crippen LogP contribution is -3.00. The van der Waals surface area contributed by atoms with Gasteiger partial charge in [0.1, 0.15) is 6.54 Å². The van der Waals surface area contributed by atoms with Crippen LogP contribution in [0.15, 0.2) is 109 Å². The van der Waals surface area contributed by atoms with Gasteiger partial charge in [0, 0.05) is 60.3 Å². The van der Waals surface area contributed by atoms with Gasteiger partial charge in [-0.25, -0.2) is 0 Å². The lowest BCUT2D eigenvalue weighted by atomic mass is 9.79. The Bertz CT molecular complexity index is 2090. The average Bonchev–Trinajstić information content (AvgIpc) is 3.46. The first kappa shape index (κ1) is 38.5. The second-order valence-electron chi connectivity index (χ2n) is 15.0. The molecule has 4 aromatic carbocycles. The van der Waals surface area contributed by atoms with Crippen molar-refractivity contribution in [3.8, 4) is 0 Å². The van der Waals surface area contributed by atoms with E-state index >= 15 is 0 Å². The number of aliphatic carboxylic acids is 2. The fourth-order valence-electron chi connectivity index (χ4n) is 8.36. The molecule has 0 spiro atoms. The Balaban J connectivity index is 0.00000523. The molecule has 0 amide bonds. The van der Waals surface area contributed by atoms with Crippen molar-refractivity contribution < 1.29 is 36.8 Å². The number of halogens is 1. The molecule has 4 aromatic rings. The number of allylic oxidation sites excluding steroid dienone is 6. The van der Waals surface area contributed by atoms with Crippen molar-refractivity contribution in [2.75, 3.05) is 18.0 Å². The molecule has 6 nitrogen and oxygen atoms in total. The Hall–Kier alpha value is -4.68. The Kier molecular flexibility index (Phi) is 12.1. The zero-order valence-corrected chi connectivity index (χ0v) is 31.6. The molecule has 0 unspecified atom stereocenters. The van der Waals surface area contributed by atoms with Gasteiger partial charge >= 0.3 is 11.9 Å². The molecule has 0 aromatic heterocycles. The summed E-state index contributed by atoms with van der Waals surface area (Å²) in [4.78, 5) is 24.6. The Morgan fingerprint density at radius 1 is 0.673 bits per heavy atom. The maximum Gasteiger partial charge on any atom is 0.303 e. The molecule has 0 bridgehead atoms. The molecular formula is C45H51ClN2O4. The van der Waals surface area contributed by atoms with E-state index in [4.69, 9.17) is 10.2 Å². The second-order valence-corrected chi connectivity index (χ2v) is 15.0. The second kappa shape index (κ2) is 16.3. The standard InChI is InChI=1S/C45H50N2O4.ClH/c1-44(2)38(46(30-16-6-10-24-40(48)49)36-28-26-32-18-12-14-20-34(32)42(36)44)22-8-5-9-23-39-45(3,4)43-35-21-15-13-19-33(35)27-29-37(43)47(39)31-17-7-11-25-41(50)51;/h5,8-9,12-15,18-23,26-29H,6-7,10-11,16-17,24-25,30-31H2,1-4H3,(H-,48,49,50,51);1H. The average molecular weight is 719 g/mol. The molecule has 0 saturated carbocycles. The predicted octanol–water partition coefficient (Wildman–Crippen LogP) is 7.46. The number of carboxylic acid groups (broad SMARTS) is 2. The number of carbonyl (C=O) groups is 2. The Morgan fingerprint density at radius 3 is 1.92 bits per heavy atom. The van der Waals surface area contributed by atoms with Gasteiger partial charge in [-0.1, -0.05) is 93.1 Å². The number of anilines is 1. The van der Waals surface area contributed by atoms with Gasteiger partial charge in [-0.15, -0.1) is 0 Å². The van der Waals surface area contributed by atoms with Gasteiger partial charge in [0.15, 0.2) is 5.71 Å². The first-order valence-electron chi connectivity index (χ1n) is 18.5. The van der Waals surface area contributed by atoms with Crippen LogP contribution in [0.5, 0.6) is 0 Å². The summed E-state index contributed by atoms with van der Waals surface area (Å²) in [5, 5.41) is 23.3. The van der Waals surface area contributed by atoms with Crippen molar-refractivity contribution in [3.63, 3.8) is 0 Å². The minimum atomic E-state index is -0.733. The van der Waals surface area contributed by atoms with Crippen LogP contribution in [-0.4, -0.2) is 45.5 Å². The first-order chi connectivity index (χ1) is 24.5. The zero-order valence-electron chi connectivity index (χ0n) is 30.9. The van der Waals surface area contributed by atoms with Crippen molar-refractivity contribution in [1.29, 1.82) is 0 Å². The molecule has 272 valence electrons. The largest absolute Gasteiger partial charge is 1.00 e. The third-order valence-corrected chi connectivity index (χ3v) is 10.8. The molecule has 2 heterocycles. The van der Waals surface area contributed by atoms with Crippen LogP contribution in [0.25, 0.3) is 21.5 Å². The Morgan fingerprint density at radius 2 is 1.27 bits per heavy atom. The molecule has 0 fully saturated rings. The summed E-state index contributed by atoms with van der Waals surface area (Å²) in [5.41, 5.74) is 7.21. The van der Waals surface area contributed by atoms with Crippen molar-refractivity contribution in [2.24, 2.45) is 0 Å². The van der Waals surface area contributed by atoms with E-state index in [0.717, 1.165) is 38.8 Å². The van der Waals surface area contributed by atoms with E-state index in [1.54, 1.807) is 0 Å². The minimum Gasteiger partial charge on any atom is -1.00 e. The van der Waals surface area contributed by atoms with Gasteiger partial charge in [-0.2, -0.15) is 4.58 Å². The third-order valence-electron chi connectivity index (χ3n) is 10.8. The number of rotatable bonds is 15. The summed E-state index contributed by atoms with van der Waals surface area (Å²) in [6.45, 7) is 10.9. The van der Waals surface area contributed by atoms with Gasteiger partial charge in [0.25, 0.3) is 0 Å². The van der Waals surface area contributed by atoms with Gasteiger partial charge < -0.3 is 27.5 Å². The maximum atomic E-state index is 11.1. The maximum absolute atomic E-state index is 11.1. The van der Waals surface area contributed by atoms with Crippen LogP contribution in [-0.2, 0) is 20.4 Å². The molecule has 7 heteroatoms. The number of hydrogen-bond acceptors (Lipinski definition) is 3. The van der Waals surface area contributed by atoms with Gasteiger partial charge in [-0.3, -0.25) is 9.59 Å². The third kappa shape index (κ3) is 7.73. The van der Waals surface area contributed by atoms with Crippen LogP contribution in [0.1, 0.15) is 90.2 Å². The van der Waals surface area contributed by atoms with E-state index in [-0.39, 0.29) is 36.1 Å². The van der Waals surface area contributed by atoms with E-state index < -0.39 is 11.9 Å². The van der Waals surface area contributed by atoms with E-state index in [1.165, 1.54) is 55.5 Å². The molecule has 52 heavy (non-hydrogen) atoms. The minimum absolute atomic E-state index is 0. The monoisotopic (exact) mass is 718 g/mol. The summed E-state index contributed by atoms with van der Waals surface area (Å²) in [6.07, 6.45) is 16.3. The molecule has 2 N–H and O–H groups in total. The fraction of sp³-hybridized carbons (Fsp3) is 0.356. The van der Waals surface area contributed by atoms with Crippen molar-refractivity contribution >= 4 is 50.6 Å². The summed E-state index contributed by atoms with van der Waals surface area (Å²) in [6, 6.07) is 26.1. The lowest BCUT2D eigenvalue weighted by Gasteiger charge is -2.27. The number of nitrogens with zero attached hydrogens (tertiary/aromatic N) is 2. The molecule has 2 aliphatic heterocycles. The van der Waals surface area contributed by atoms with Gasteiger partial charge in [0.05, 0.1) is 5.41 Å².